The van der Waals surface area contributed by atoms with Crippen molar-refractivity contribution < 1.29 is 19.1 Å². The van der Waals surface area contributed by atoms with Crippen molar-refractivity contribution in [2.45, 2.75) is 27.2 Å². The molecule has 0 saturated heterocycles. The molecule has 0 atom stereocenters. The minimum atomic E-state index is -0.559. The highest BCUT2D eigenvalue weighted by Gasteiger charge is 2.27. The van der Waals surface area contributed by atoms with Crippen molar-refractivity contribution in [3.8, 4) is 28.7 Å². The van der Waals surface area contributed by atoms with Crippen molar-refractivity contribution in [2.75, 3.05) is 0 Å². The molecule has 0 bridgehead atoms. The first-order valence-corrected chi connectivity index (χ1v) is 10.6. The van der Waals surface area contributed by atoms with Crippen LogP contribution in [0.25, 0.3) is 17.2 Å². The highest BCUT2D eigenvalue weighted by Crippen LogP contribution is 2.25. The molecule has 3 aromatic rings. The number of hydrogen-bond donors (Lipinski definition) is 0. The Balaban J connectivity index is 1.56. The van der Waals surface area contributed by atoms with Gasteiger partial charge in [0.2, 0.25) is 0 Å². The predicted octanol–water partition coefficient (Wildman–Crippen LogP) is 6.19. The molecule has 0 aromatic heterocycles. The number of rotatable bonds is 7. The number of esters is 2. The molecule has 33 heavy (non-hydrogen) atoms. The normalized spacial score (nSPS) is 11.1. The molecule has 166 valence electrons. The number of benzene rings is 3. The summed E-state index contributed by atoms with van der Waals surface area (Å²) in [6.45, 7) is 5.60. The van der Waals surface area contributed by atoms with E-state index < -0.39 is 11.4 Å². The first kappa shape index (κ1) is 23.5. The van der Waals surface area contributed by atoms with Crippen LogP contribution in [0, 0.1) is 16.7 Å². The topological polar surface area (TPSA) is 76.4 Å². The van der Waals surface area contributed by atoms with Gasteiger partial charge in [-0.3, -0.25) is 4.79 Å². The standard InChI is InChI=1S/C28H25NO4/c1-4-28(2,3)27(31)33-25-16-14-24(15-17-25)32-26(30)18-9-20-5-10-22(11-6-20)23-12-7-21(19-29)8-13-23/h5-18H,4H2,1-3H3/b18-9+. The summed E-state index contributed by atoms with van der Waals surface area (Å²) in [7, 11) is 0. The van der Waals surface area contributed by atoms with Crippen molar-refractivity contribution in [1.29, 1.82) is 5.26 Å². The lowest BCUT2D eigenvalue weighted by atomic mass is 9.91. The van der Waals surface area contributed by atoms with E-state index in [1.54, 1.807) is 42.5 Å². The van der Waals surface area contributed by atoms with Gasteiger partial charge < -0.3 is 9.47 Å². The summed E-state index contributed by atoms with van der Waals surface area (Å²) in [4.78, 5) is 24.3. The molecule has 0 aliphatic heterocycles. The predicted molar refractivity (Wildman–Crippen MR) is 127 cm³/mol. The molecule has 0 saturated carbocycles. The van der Waals surface area contributed by atoms with Crippen molar-refractivity contribution in [3.63, 3.8) is 0 Å². The second-order valence-electron chi connectivity index (χ2n) is 8.16. The lowest BCUT2D eigenvalue weighted by molar-refractivity contribution is -0.144. The highest BCUT2D eigenvalue weighted by atomic mass is 16.5. The SMILES string of the molecule is CCC(C)(C)C(=O)Oc1ccc(OC(=O)/C=C/c2ccc(-c3ccc(C#N)cc3)cc2)cc1. The van der Waals surface area contributed by atoms with Gasteiger partial charge in [0.1, 0.15) is 11.5 Å². The fourth-order valence-corrected chi connectivity index (χ4v) is 2.80. The zero-order valence-electron chi connectivity index (χ0n) is 18.9. The fraction of sp³-hybridized carbons (Fsp3) is 0.179. The quantitative estimate of drug-likeness (QED) is 0.249. The summed E-state index contributed by atoms with van der Waals surface area (Å²) in [5.41, 5.74) is 2.94. The maximum Gasteiger partial charge on any atom is 0.336 e. The summed E-state index contributed by atoms with van der Waals surface area (Å²) < 4.78 is 10.7. The number of hydrogen-bond acceptors (Lipinski definition) is 5. The number of nitrogens with zero attached hydrogens (tertiary/aromatic N) is 1. The van der Waals surface area contributed by atoms with E-state index in [4.69, 9.17) is 14.7 Å². The number of nitriles is 1. The zero-order valence-corrected chi connectivity index (χ0v) is 18.9. The van der Waals surface area contributed by atoms with Gasteiger partial charge in [-0.25, -0.2) is 4.79 Å². The van der Waals surface area contributed by atoms with Crippen LogP contribution in [0.1, 0.15) is 38.3 Å². The average molecular weight is 440 g/mol. The molecular formula is C28H25NO4. The third-order valence-corrected chi connectivity index (χ3v) is 5.36. The third kappa shape index (κ3) is 6.41. The summed E-state index contributed by atoms with van der Waals surface area (Å²) in [5.74, 6) is -0.0551. The van der Waals surface area contributed by atoms with E-state index in [1.807, 2.05) is 57.2 Å². The van der Waals surface area contributed by atoms with E-state index in [2.05, 4.69) is 6.07 Å². The first-order valence-electron chi connectivity index (χ1n) is 10.6. The van der Waals surface area contributed by atoms with Gasteiger partial charge in [-0.1, -0.05) is 43.3 Å². The zero-order chi connectivity index (χ0) is 23.8. The summed E-state index contributed by atoms with van der Waals surface area (Å²) in [5, 5.41) is 8.90. The Labute approximate surface area is 193 Å². The van der Waals surface area contributed by atoms with Crippen LogP contribution in [-0.4, -0.2) is 11.9 Å². The molecule has 5 heteroatoms. The molecule has 3 rings (SSSR count). The molecule has 0 aliphatic rings. The number of carbonyl (C=O) groups is 2. The van der Waals surface area contributed by atoms with E-state index >= 15 is 0 Å². The summed E-state index contributed by atoms with van der Waals surface area (Å²) >= 11 is 0. The molecule has 0 aliphatic carbocycles. The van der Waals surface area contributed by atoms with Crippen molar-refractivity contribution in [1.82, 2.24) is 0 Å². The monoisotopic (exact) mass is 439 g/mol. The van der Waals surface area contributed by atoms with E-state index in [0.717, 1.165) is 16.7 Å². The van der Waals surface area contributed by atoms with Crippen LogP contribution in [0.5, 0.6) is 11.5 Å². The average Bonchev–Trinajstić information content (AvgIpc) is 2.84. The highest BCUT2D eigenvalue weighted by molar-refractivity contribution is 5.88. The Morgan fingerprint density at radius 2 is 1.36 bits per heavy atom. The first-order chi connectivity index (χ1) is 15.8. The van der Waals surface area contributed by atoms with E-state index in [-0.39, 0.29) is 5.97 Å². The van der Waals surface area contributed by atoms with Gasteiger partial charge in [0.25, 0.3) is 0 Å². The smallest absolute Gasteiger partial charge is 0.336 e. The fourth-order valence-electron chi connectivity index (χ4n) is 2.80. The minimum absolute atomic E-state index is 0.303. The van der Waals surface area contributed by atoms with Crippen LogP contribution in [0.4, 0.5) is 0 Å². The molecule has 5 nitrogen and oxygen atoms in total. The molecule has 0 fully saturated rings. The van der Waals surface area contributed by atoms with Gasteiger partial charge in [0, 0.05) is 6.08 Å². The minimum Gasteiger partial charge on any atom is -0.426 e. The Hall–Kier alpha value is -4.17. The Morgan fingerprint density at radius 1 is 0.848 bits per heavy atom. The third-order valence-electron chi connectivity index (χ3n) is 5.36. The summed E-state index contributed by atoms with van der Waals surface area (Å²) in [6, 6.07) is 23.5. The van der Waals surface area contributed by atoms with Gasteiger partial charge in [0.15, 0.2) is 0 Å². The van der Waals surface area contributed by atoms with Gasteiger partial charge >= 0.3 is 11.9 Å². The molecule has 0 spiro atoms. The van der Waals surface area contributed by atoms with E-state index in [1.165, 1.54) is 6.08 Å². The Morgan fingerprint density at radius 3 is 1.88 bits per heavy atom. The Bertz CT molecular complexity index is 1180. The van der Waals surface area contributed by atoms with Crippen LogP contribution in [0.2, 0.25) is 0 Å². The summed E-state index contributed by atoms with van der Waals surface area (Å²) in [6.07, 6.45) is 3.70. The van der Waals surface area contributed by atoms with E-state index in [0.29, 0.717) is 23.5 Å². The molecule has 0 heterocycles. The molecular weight excluding hydrogens is 414 g/mol. The van der Waals surface area contributed by atoms with Crippen LogP contribution in [0.15, 0.2) is 78.9 Å². The lowest BCUT2D eigenvalue weighted by Gasteiger charge is -2.20. The van der Waals surface area contributed by atoms with Crippen molar-refractivity contribution in [2.24, 2.45) is 5.41 Å². The molecule has 0 radical (unpaired) electrons. The lowest BCUT2D eigenvalue weighted by Crippen LogP contribution is -2.28. The second-order valence-corrected chi connectivity index (χ2v) is 8.16. The Kier molecular flexibility index (Phi) is 7.42. The van der Waals surface area contributed by atoms with Crippen molar-refractivity contribution in [3.05, 3.63) is 90.0 Å². The van der Waals surface area contributed by atoms with Crippen LogP contribution in [-0.2, 0) is 9.59 Å². The number of carbonyl (C=O) groups excluding carboxylic acids is 2. The second kappa shape index (κ2) is 10.4. The van der Waals surface area contributed by atoms with E-state index in [9.17, 15) is 9.59 Å². The molecule has 0 amide bonds. The maximum absolute atomic E-state index is 12.1. The van der Waals surface area contributed by atoms with Gasteiger partial charge in [0.05, 0.1) is 17.0 Å². The maximum atomic E-state index is 12.1. The van der Waals surface area contributed by atoms with Crippen molar-refractivity contribution >= 4 is 18.0 Å². The van der Waals surface area contributed by atoms with Crippen LogP contribution >= 0.6 is 0 Å². The van der Waals surface area contributed by atoms with Crippen LogP contribution < -0.4 is 9.47 Å². The van der Waals surface area contributed by atoms with Gasteiger partial charge in [-0.05, 0) is 79.4 Å². The van der Waals surface area contributed by atoms with Gasteiger partial charge in [-0.15, -0.1) is 0 Å². The van der Waals surface area contributed by atoms with Gasteiger partial charge in [-0.2, -0.15) is 5.26 Å². The van der Waals surface area contributed by atoms with Crippen LogP contribution in [0.3, 0.4) is 0 Å². The molecule has 0 N–H and O–H groups in total. The number of ether oxygens (including phenoxy) is 2. The molecule has 3 aromatic carbocycles. The molecule has 0 unspecified atom stereocenters. The largest absolute Gasteiger partial charge is 0.426 e.